The summed E-state index contributed by atoms with van der Waals surface area (Å²) >= 11 is 0. The molecule has 1 aromatic carbocycles. The van der Waals surface area contributed by atoms with Gasteiger partial charge in [-0.1, -0.05) is 5.21 Å². The molecule has 23 heavy (non-hydrogen) atoms. The van der Waals surface area contributed by atoms with Crippen LogP contribution in [-0.4, -0.2) is 37.5 Å². The first-order valence-corrected chi connectivity index (χ1v) is 6.13. The topological polar surface area (TPSA) is 90.1 Å². The predicted molar refractivity (Wildman–Crippen MR) is 70.9 cm³/mol. The molecule has 0 aliphatic heterocycles. The summed E-state index contributed by atoms with van der Waals surface area (Å²) in [6.07, 6.45) is -3.52. The maximum absolute atomic E-state index is 12.3. The first-order chi connectivity index (χ1) is 10.8. The Labute approximate surface area is 125 Å². The summed E-state index contributed by atoms with van der Waals surface area (Å²) < 4.78 is 41.2. The number of aromatic nitrogens is 4. The molecule has 118 valence electrons. The van der Waals surface area contributed by atoms with Crippen LogP contribution in [0.25, 0.3) is 22.2 Å². The Bertz CT molecular complexity index is 892. The van der Waals surface area contributed by atoms with Gasteiger partial charge in [0, 0.05) is 11.6 Å². The first kappa shape index (κ1) is 14.8. The maximum atomic E-state index is 12.3. The Morgan fingerprint density at radius 2 is 1.96 bits per heavy atom. The Morgan fingerprint density at radius 1 is 1.17 bits per heavy atom. The zero-order valence-corrected chi connectivity index (χ0v) is 11.2. The van der Waals surface area contributed by atoms with Gasteiger partial charge in [-0.2, -0.15) is 4.68 Å². The summed E-state index contributed by atoms with van der Waals surface area (Å²) in [5, 5.41) is 16.8. The normalized spacial score (nSPS) is 11.6. The third-order valence-corrected chi connectivity index (χ3v) is 2.88. The molecule has 0 saturated heterocycles. The van der Waals surface area contributed by atoms with Gasteiger partial charge in [-0.05, 0) is 29.7 Å². The van der Waals surface area contributed by atoms with Gasteiger partial charge in [-0.3, -0.25) is 4.98 Å². The second-order valence-electron chi connectivity index (χ2n) is 4.46. The number of carbonyl (C=O) groups is 1. The van der Waals surface area contributed by atoms with Crippen LogP contribution in [-0.2, 0) is 0 Å². The summed E-state index contributed by atoms with van der Waals surface area (Å²) in [6.45, 7) is 0. The zero-order chi connectivity index (χ0) is 16.6. The highest BCUT2D eigenvalue weighted by Gasteiger charge is 2.31. The van der Waals surface area contributed by atoms with Gasteiger partial charge in [0.1, 0.15) is 11.4 Å². The molecule has 3 rings (SSSR count). The minimum absolute atomic E-state index is 0.177. The molecular formula is C13H7F3N4O3. The number of carboxylic acid groups (broad SMARTS) is 1. The molecule has 0 saturated carbocycles. The van der Waals surface area contributed by atoms with Gasteiger partial charge in [0.15, 0.2) is 0 Å². The molecule has 0 aliphatic carbocycles. The average Bonchev–Trinajstić information content (AvgIpc) is 2.94. The molecule has 10 heteroatoms. The van der Waals surface area contributed by atoms with Crippen molar-refractivity contribution in [2.45, 2.75) is 6.36 Å². The van der Waals surface area contributed by atoms with Crippen molar-refractivity contribution >= 4 is 16.9 Å². The fraction of sp³-hybridized carbons (Fsp3) is 0.0769. The largest absolute Gasteiger partial charge is 0.573 e. The number of benzene rings is 1. The van der Waals surface area contributed by atoms with E-state index in [0.717, 1.165) is 6.20 Å². The van der Waals surface area contributed by atoms with Crippen LogP contribution in [0.5, 0.6) is 5.75 Å². The molecule has 3 aromatic rings. The van der Waals surface area contributed by atoms with E-state index in [1.54, 1.807) is 0 Å². The second kappa shape index (κ2) is 5.23. The number of hydrogen-bond donors (Lipinski definition) is 1. The summed E-state index contributed by atoms with van der Waals surface area (Å²) in [7, 11) is 0. The van der Waals surface area contributed by atoms with Crippen molar-refractivity contribution < 1.29 is 27.8 Å². The van der Waals surface area contributed by atoms with Gasteiger partial charge in [-0.15, -0.1) is 18.3 Å². The second-order valence-corrected chi connectivity index (χ2v) is 4.46. The van der Waals surface area contributed by atoms with Crippen LogP contribution in [0.2, 0.25) is 0 Å². The van der Waals surface area contributed by atoms with Crippen molar-refractivity contribution in [2.75, 3.05) is 0 Å². The number of pyridine rings is 1. The van der Waals surface area contributed by atoms with Crippen LogP contribution in [0.3, 0.4) is 0 Å². The number of rotatable bonds is 2. The lowest BCUT2D eigenvalue weighted by atomic mass is 10.1. The zero-order valence-electron chi connectivity index (χ0n) is 11.2. The number of halogens is 3. The smallest absolute Gasteiger partial charge is 0.463 e. The van der Waals surface area contributed by atoms with Crippen molar-refractivity contribution in [3.8, 4) is 17.1 Å². The number of nitrogens with zero attached hydrogens (tertiary/aromatic N) is 4. The van der Waals surface area contributed by atoms with Crippen molar-refractivity contribution in [1.82, 2.24) is 20.0 Å². The number of alkyl halides is 3. The molecule has 1 N–H and O–H groups in total. The minimum Gasteiger partial charge on any atom is -0.463 e. The molecular weight excluding hydrogens is 317 g/mol. The molecule has 2 aromatic heterocycles. The SMILES string of the molecule is O=C(O)n1cc(-c2cc3cc(OC(F)(F)F)ccc3cn2)nn1. The van der Waals surface area contributed by atoms with Crippen LogP contribution in [0.1, 0.15) is 0 Å². The Morgan fingerprint density at radius 3 is 2.61 bits per heavy atom. The summed E-state index contributed by atoms with van der Waals surface area (Å²) in [6, 6.07) is 5.28. The Hall–Kier alpha value is -3.17. The first-order valence-electron chi connectivity index (χ1n) is 6.13. The average molecular weight is 324 g/mol. The minimum atomic E-state index is -4.78. The number of hydrogen-bond acceptors (Lipinski definition) is 5. The lowest BCUT2D eigenvalue weighted by molar-refractivity contribution is -0.274. The quantitative estimate of drug-likeness (QED) is 0.779. The van der Waals surface area contributed by atoms with Gasteiger partial charge in [0.25, 0.3) is 0 Å². The van der Waals surface area contributed by atoms with E-state index in [-0.39, 0.29) is 17.1 Å². The highest BCUT2D eigenvalue weighted by atomic mass is 19.4. The van der Waals surface area contributed by atoms with Gasteiger partial charge < -0.3 is 9.84 Å². The molecule has 0 bridgehead atoms. The monoisotopic (exact) mass is 324 g/mol. The predicted octanol–water partition coefficient (Wildman–Crippen LogP) is 2.92. The molecule has 7 nitrogen and oxygen atoms in total. The van der Waals surface area contributed by atoms with Crippen LogP contribution in [0.4, 0.5) is 18.0 Å². The standard InChI is InChI=1S/C13H7F3N4O3/c14-13(15,16)23-9-2-1-7-5-17-10(4-8(7)3-9)11-6-20(12(21)22)19-18-11/h1-6H,(H,21,22). The lowest BCUT2D eigenvalue weighted by Gasteiger charge is -2.09. The number of ether oxygens (including phenoxy) is 1. The molecule has 0 spiro atoms. The summed E-state index contributed by atoms with van der Waals surface area (Å²) in [5.74, 6) is -0.364. The highest BCUT2D eigenvalue weighted by Crippen LogP contribution is 2.28. The van der Waals surface area contributed by atoms with Crippen molar-refractivity contribution in [2.24, 2.45) is 0 Å². The van der Waals surface area contributed by atoms with E-state index in [0.29, 0.717) is 15.5 Å². The van der Waals surface area contributed by atoms with E-state index >= 15 is 0 Å². The van der Waals surface area contributed by atoms with Crippen molar-refractivity contribution in [1.29, 1.82) is 0 Å². The van der Waals surface area contributed by atoms with E-state index in [2.05, 4.69) is 20.0 Å². The van der Waals surface area contributed by atoms with Crippen LogP contribution in [0, 0.1) is 0 Å². The van der Waals surface area contributed by atoms with E-state index in [9.17, 15) is 18.0 Å². The third-order valence-electron chi connectivity index (χ3n) is 2.88. The van der Waals surface area contributed by atoms with Gasteiger partial charge in [-0.25, -0.2) is 4.79 Å². The molecule has 0 radical (unpaired) electrons. The third kappa shape index (κ3) is 3.20. The Balaban J connectivity index is 2.00. The van der Waals surface area contributed by atoms with E-state index < -0.39 is 12.5 Å². The number of fused-ring (bicyclic) bond motifs is 1. The lowest BCUT2D eigenvalue weighted by Crippen LogP contribution is -2.16. The summed E-state index contributed by atoms with van der Waals surface area (Å²) in [4.78, 5) is 14.8. The summed E-state index contributed by atoms with van der Waals surface area (Å²) in [5.41, 5.74) is 0.450. The fourth-order valence-electron chi connectivity index (χ4n) is 1.93. The van der Waals surface area contributed by atoms with Gasteiger partial charge in [0.05, 0.1) is 11.9 Å². The van der Waals surface area contributed by atoms with E-state index in [1.165, 1.54) is 30.5 Å². The van der Waals surface area contributed by atoms with E-state index in [4.69, 9.17) is 5.11 Å². The molecule has 0 amide bonds. The highest BCUT2D eigenvalue weighted by molar-refractivity contribution is 5.86. The molecule has 0 unspecified atom stereocenters. The fourth-order valence-corrected chi connectivity index (χ4v) is 1.93. The van der Waals surface area contributed by atoms with Gasteiger partial charge >= 0.3 is 12.5 Å². The van der Waals surface area contributed by atoms with Crippen LogP contribution >= 0.6 is 0 Å². The molecule has 0 aliphatic rings. The van der Waals surface area contributed by atoms with E-state index in [1.807, 2.05) is 0 Å². The van der Waals surface area contributed by atoms with Gasteiger partial charge in [0.2, 0.25) is 0 Å². The van der Waals surface area contributed by atoms with Crippen molar-refractivity contribution in [3.05, 3.63) is 36.7 Å². The molecule has 0 fully saturated rings. The molecule has 0 atom stereocenters. The van der Waals surface area contributed by atoms with Crippen LogP contribution in [0.15, 0.2) is 36.7 Å². The maximum Gasteiger partial charge on any atom is 0.573 e. The van der Waals surface area contributed by atoms with Crippen molar-refractivity contribution in [3.63, 3.8) is 0 Å². The van der Waals surface area contributed by atoms with Crippen LogP contribution < -0.4 is 4.74 Å². The molecule has 2 heterocycles. The Kier molecular flexibility index (Phi) is 3.36.